The van der Waals surface area contributed by atoms with Crippen LogP contribution in [-0.4, -0.2) is 33.7 Å². The molecular weight excluding hydrogens is 497 g/mol. The van der Waals surface area contributed by atoms with Gasteiger partial charge in [-0.05, 0) is 114 Å². The SMILES string of the molecule is O=C1NC(=O)/C(=C/c2ccnc(NC3CCC(CNCc4cc(F)cc(-c5ccsc5)c4)CC3)n2)S1. The maximum atomic E-state index is 14.1. The minimum absolute atomic E-state index is 0.205. The van der Waals surface area contributed by atoms with Gasteiger partial charge in [0, 0.05) is 18.8 Å². The van der Waals surface area contributed by atoms with E-state index < -0.39 is 5.91 Å². The summed E-state index contributed by atoms with van der Waals surface area (Å²) in [5.74, 6) is 0.488. The van der Waals surface area contributed by atoms with E-state index in [0.717, 1.165) is 60.7 Å². The molecule has 2 aromatic heterocycles. The van der Waals surface area contributed by atoms with Gasteiger partial charge in [0.15, 0.2) is 0 Å². The van der Waals surface area contributed by atoms with Crippen molar-refractivity contribution in [1.82, 2.24) is 20.6 Å². The van der Waals surface area contributed by atoms with Crippen molar-refractivity contribution in [3.63, 3.8) is 0 Å². The van der Waals surface area contributed by atoms with Crippen molar-refractivity contribution in [2.45, 2.75) is 38.3 Å². The maximum Gasteiger partial charge on any atom is 0.290 e. The van der Waals surface area contributed by atoms with Gasteiger partial charge in [0.2, 0.25) is 5.95 Å². The number of carbonyl (C=O) groups excluding carboxylic acids is 2. The zero-order valence-electron chi connectivity index (χ0n) is 19.5. The highest BCUT2D eigenvalue weighted by Gasteiger charge is 2.25. The van der Waals surface area contributed by atoms with E-state index in [9.17, 15) is 14.0 Å². The largest absolute Gasteiger partial charge is 0.351 e. The summed E-state index contributed by atoms with van der Waals surface area (Å²) >= 11 is 2.48. The molecule has 7 nitrogen and oxygen atoms in total. The number of rotatable bonds is 8. The molecule has 1 aliphatic carbocycles. The average molecular weight is 524 g/mol. The number of carbonyl (C=O) groups is 2. The van der Waals surface area contributed by atoms with Gasteiger partial charge in [0.1, 0.15) is 5.82 Å². The van der Waals surface area contributed by atoms with Gasteiger partial charge in [0.25, 0.3) is 11.1 Å². The molecule has 3 aromatic rings. The van der Waals surface area contributed by atoms with Crippen molar-refractivity contribution < 1.29 is 14.0 Å². The molecule has 1 saturated heterocycles. The van der Waals surface area contributed by atoms with Crippen LogP contribution in [0.2, 0.25) is 0 Å². The summed E-state index contributed by atoms with van der Waals surface area (Å²) in [4.78, 5) is 32.2. The highest BCUT2D eigenvalue weighted by Crippen LogP contribution is 2.28. The molecule has 2 amide bonds. The third-order valence-corrected chi connectivity index (χ3v) is 7.85. The lowest BCUT2D eigenvalue weighted by atomic mass is 9.86. The van der Waals surface area contributed by atoms with Crippen LogP contribution in [0.25, 0.3) is 17.2 Å². The van der Waals surface area contributed by atoms with Gasteiger partial charge in [-0.1, -0.05) is 0 Å². The zero-order chi connectivity index (χ0) is 24.9. The van der Waals surface area contributed by atoms with Crippen LogP contribution in [0.1, 0.15) is 36.9 Å². The Morgan fingerprint density at radius 3 is 2.72 bits per heavy atom. The van der Waals surface area contributed by atoms with Gasteiger partial charge in [-0.25, -0.2) is 14.4 Å². The number of hydrogen-bond donors (Lipinski definition) is 3. The van der Waals surface area contributed by atoms with Gasteiger partial charge in [0.05, 0.1) is 10.6 Å². The van der Waals surface area contributed by atoms with E-state index >= 15 is 0 Å². The molecule has 0 spiro atoms. The van der Waals surface area contributed by atoms with Crippen molar-refractivity contribution in [1.29, 1.82) is 0 Å². The monoisotopic (exact) mass is 523 g/mol. The van der Waals surface area contributed by atoms with E-state index in [0.29, 0.717) is 29.0 Å². The predicted octanol–water partition coefficient (Wildman–Crippen LogP) is 5.43. The first-order valence-corrected chi connectivity index (χ1v) is 13.6. The highest BCUT2D eigenvalue weighted by molar-refractivity contribution is 8.18. The van der Waals surface area contributed by atoms with E-state index in [4.69, 9.17) is 0 Å². The maximum absolute atomic E-state index is 14.1. The molecule has 3 heterocycles. The van der Waals surface area contributed by atoms with Gasteiger partial charge >= 0.3 is 0 Å². The van der Waals surface area contributed by atoms with Crippen molar-refractivity contribution in [2.24, 2.45) is 5.92 Å². The van der Waals surface area contributed by atoms with Crippen LogP contribution in [-0.2, 0) is 11.3 Å². The first-order chi connectivity index (χ1) is 17.5. The number of imide groups is 1. The molecule has 0 bridgehead atoms. The van der Waals surface area contributed by atoms with E-state index in [1.807, 2.05) is 16.8 Å². The number of hydrogen-bond acceptors (Lipinski definition) is 8. The molecule has 2 fully saturated rings. The smallest absolute Gasteiger partial charge is 0.290 e. The summed E-state index contributed by atoms with van der Waals surface area (Å²) in [6, 6.07) is 9.24. The molecule has 186 valence electrons. The van der Waals surface area contributed by atoms with Crippen LogP contribution in [0.4, 0.5) is 15.1 Å². The van der Waals surface area contributed by atoms with Crippen LogP contribution in [0.5, 0.6) is 0 Å². The van der Waals surface area contributed by atoms with Crippen LogP contribution >= 0.6 is 23.1 Å². The number of thioether (sulfide) groups is 1. The molecule has 2 aliphatic rings. The van der Waals surface area contributed by atoms with Gasteiger partial charge < -0.3 is 10.6 Å². The van der Waals surface area contributed by atoms with Gasteiger partial charge in [-0.3, -0.25) is 14.9 Å². The summed E-state index contributed by atoms with van der Waals surface area (Å²) in [6.07, 6.45) is 7.43. The van der Waals surface area contributed by atoms with Crippen LogP contribution in [0.3, 0.4) is 0 Å². The summed E-state index contributed by atoms with van der Waals surface area (Å²) in [6.45, 7) is 1.54. The molecule has 1 aliphatic heterocycles. The van der Waals surface area contributed by atoms with Crippen molar-refractivity contribution in [3.8, 4) is 11.1 Å². The van der Waals surface area contributed by atoms with Crippen LogP contribution in [0.15, 0.2) is 52.2 Å². The molecule has 0 atom stereocenters. The van der Waals surface area contributed by atoms with Crippen molar-refractivity contribution in [3.05, 3.63) is 69.3 Å². The Morgan fingerprint density at radius 2 is 1.97 bits per heavy atom. The van der Waals surface area contributed by atoms with Crippen molar-refractivity contribution >= 4 is 46.3 Å². The Labute approximate surface area is 217 Å². The highest BCUT2D eigenvalue weighted by atomic mass is 32.2. The first kappa shape index (κ1) is 24.6. The van der Waals surface area contributed by atoms with Crippen LogP contribution < -0.4 is 16.0 Å². The third kappa shape index (κ3) is 6.37. The summed E-state index contributed by atoms with van der Waals surface area (Å²) in [7, 11) is 0. The summed E-state index contributed by atoms with van der Waals surface area (Å²) in [5.41, 5.74) is 3.50. The summed E-state index contributed by atoms with van der Waals surface area (Å²) < 4.78 is 14.1. The second-order valence-corrected chi connectivity index (χ2v) is 10.8. The molecule has 5 rings (SSSR count). The first-order valence-electron chi connectivity index (χ1n) is 11.9. The lowest BCUT2D eigenvalue weighted by Crippen LogP contribution is -2.31. The van der Waals surface area contributed by atoms with Crippen LogP contribution in [0, 0.1) is 11.7 Å². The van der Waals surface area contributed by atoms with E-state index in [1.165, 1.54) is 0 Å². The number of halogens is 1. The van der Waals surface area contributed by atoms with E-state index in [2.05, 4.69) is 32.0 Å². The fraction of sp³-hybridized carbons (Fsp3) is 0.308. The Hall–Kier alpha value is -3.08. The molecule has 10 heteroatoms. The van der Waals surface area contributed by atoms with E-state index in [-0.39, 0.29) is 17.1 Å². The fourth-order valence-corrected chi connectivity index (χ4v) is 5.87. The topological polar surface area (TPSA) is 96.0 Å². The number of aromatic nitrogens is 2. The van der Waals surface area contributed by atoms with E-state index in [1.54, 1.807) is 41.8 Å². The Bertz CT molecular complexity index is 1270. The number of nitrogens with zero attached hydrogens (tertiary/aromatic N) is 2. The van der Waals surface area contributed by atoms with Crippen molar-refractivity contribution in [2.75, 3.05) is 11.9 Å². The Balaban J connectivity index is 1.08. The standard InChI is InChI=1S/C26H26FN5O2S2/c27-20-10-17(9-19(11-20)18-6-8-35-15-18)14-28-13-16-1-3-21(4-2-16)30-25-29-7-5-22(31-25)12-23-24(33)32-26(34)36-23/h5-12,15-16,21,28H,1-4,13-14H2,(H,29,30,31)(H,32,33,34)/b23-12-. The zero-order valence-corrected chi connectivity index (χ0v) is 21.1. The number of nitrogens with one attached hydrogen (secondary N) is 3. The minimum atomic E-state index is -0.398. The molecule has 0 radical (unpaired) electrons. The minimum Gasteiger partial charge on any atom is -0.351 e. The second-order valence-electron chi connectivity index (χ2n) is 9.01. The number of amides is 2. The lowest BCUT2D eigenvalue weighted by Gasteiger charge is -2.29. The Morgan fingerprint density at radius 1 is 1.11 bits per heavy atom. The molecule has 36 heavy (non-hydrogen) atoms. The lowest BCUT2D eigenvalue weighted by molar-refractivity contribution is -0.115. The summed E-state index contributed by atoms with van der Waals surface area (Å²) in [5, 5.41) is 12.8. The molecule has 3 N–H and O–H groups in total. The third-order valence-electron chi connectivity index (χ3n) is 6.35. The van der Waals surface area contributed by atoms with Gasteiger partial charge in [-0.15, -0.1) is 0 Å². The fourth-order valence-electron chi connectivity index (χ4n) is 4.54. The number of thiophene rings is 1. The average Bonchev–Trinajstić information content (AvgIpc) is 3.50. The number of anilines is 1. The molecule has 1 saturated carbocycles. The second kappa shape index (κ2) is 11.3. The predicted molar refractivity (Wildman–Crippen MR) is 142 cm³/mol. The molecular formula is C26H26FN5O2S2. The Kier molecular flexibility index (Phi) is 7.74. The molecule has 1 aromatic carbocycles. The molecule has 0 unspecified atom stereocenters. The number of benzene rings is 1. The quantitative estimate of drug-likeness (QED) is 0.339. The normalized spacial score (nSPS) is 21.1. The van der Waals surface area contributed by atoms with Gasteiger partial charge in [-0.2, -0.15) is 11.3 Å².